The highest BCUT2D eigenvalue weighted by molar-refractivity contribution is 6.30. The molecule has 1 amide bonds. The van der Waals surface area contributed by atoms with Crippen LogP contribution in [0.4, 0.5) is 15.8 Å². The molecular weight excluding hydrogens is 341 g/mol. The van der Waals surface area contributed by atoms with E-state index in [9.17, 15) is 9.18 Å². The summed E-state index contributed by atoms with van der Waals surface area (Å²) >= 11 is 5.95. The Bertz CT molecular complexity index is 747. The standard InChI is InChI=1S/C19H21ClFN3O/c20-14-5-3-13(4-6-14)19(12-1-2-12)23-10-9-18(25)24-17-11-15(22)7-8-16(17)21/h3-8,11-12,19,23H,1-2,9-10,22H2,(H,24,25)/t19-/m1/s1. The van der Waals surface area contributed by atoms with Crippen molar-refractivity contribution in [2.24, 2.45) is 5.92 Å². The van der Waals surface area contributed by atoms with Crippen molar-refractivity contribution in [1.82, 2.24) is 5.32 Å². The van der Waals surface area contributed by atoms with E-state index in [4.69, 9.17) is 17.3 Å². The number of rotatable bonds is 7. The lowest BCUT2D eigenvalue weighted by Gasteiger charge is -2.19. The molecule has 0 aromatic heterocycles. The maximum Gasteiger partial charge on any atom is 0.225 e. The Balaban J connectivity index is 1.53. The summed E-state index contributed by atoms with van der Waals surface area (Å²) in [6.07, 6.45) is 2.62. The first-order chi connectivity index (χ1) is 12.0. The van der Waals surface area contributed by atoms with E-state index in [1.165, 1.54) is 36.6 Å². The van der Waals surface area contributed by atoms with Gasteiger partial charge in [0.15, 0.2) is 0 Å². The van der Waals surface area contributed by atoms with Crippen LogP contribution in [0.5, 0.6) is 0 Å². The van der Waals surface area contributed by atoms with Crippen molar-refractivity contribution < 1.29 is 9.18 Å². The molecule has 0 saturated heterocycles. The van der Waals surface area contributed by atoms with Crippen LogP contribution in [0.25, 0.3) is 0 Å². The van der Waals surface area contributed by atoms with E-state index in [0.29, 0.717) is 23.2 Å². The third kappa shape index (κ3) is 4.94. The lowest BCUT2D eigenvalue weighted by atomic mass is 10.0. The van der Waals surface area contributed by atoms with Gasteiger partial charge in [0.05, 0.1) is 5.69 Å². The lowest BCUT2D eigenvalue weighted by molar-refractivity contribution is -0.116. The molecule has 132 valence electrons. The largest absolute Gasteiger partial charge is 0.399 e. The topological polar surface area (TPSA) is 67.1 Å². The van der Waals surface area contributed by atoms with Gasteiger partial charge in [0, 0.05) is 29.7 Å². The zero-order valence-corrected chi connectivity index (χ0v) is 14.5. The summed E-state index contributed by atoms with van der Waals surface area (Å²) in [7, 11) is 0. The Kier molecular flexibility index (Phi) is 5.56. The number of anilines is 2. The van der Waals surface area contributed by atoms with Crippen molar-refractivity contribution in [3.63, 3.8) is 0 Å². The zero-order valence-electron chi connectivity index (χ0n) is 13.8. The molecule has 25 heavy (non-hydrogen) atoms. The molecule has 4 N–H and O–H groups in total. The van der Waals surface area contributed by atoms with Crippen molar-refractivity contribution >= 4 is 28.9 Å². The normalized spacial score (nSPS) is 15.0. The Labute approximate surface area is 151 Å². The number of nitrogens with one attached hydrogen (secondary N) is 2. The summed E-state index contributed by atoms with van der Waals surface area (Å²) in [5, 5.41) is 6.71. The van der Waals surface area contributed by atoms with E-state index in [1.807, 2.05) is 24.3 Å². The van der Waals surface area contributed by atoms with Gasteiger partial charge in [-0.1, -0.05) is 23.7 Å². The van der Waals surface area contributed by atoms with E-state index in [0.717, 1.165) is 0 Å². The molecule has 1 aliphatic rings. The van der Waals surface area contributed by atoms with Crippen molar-refractivity contribution in [3.8, 4) is 0 Å². The third-order valence-corrected chi connectivity index (χ3v) is 4.56. The number of carbonyl (C=O) groups is 1. The predicted molar refractivity (Wildman–Crippen MR) is 99.0 cm³/mol. The number of benzene rings is 2. The van der Waals surface area contributed by atoms with Crippen LogP contribution in [-0.2, 0) is 4.79 Å². The first-order valence-electron chi connectivity index (χ1n) is 8.36. The van der Waals surface area contributed by atoms with Gasteiger partial charge in [0.1, 0.15) is 5.82 Å². The van der Waals surface area contributed by atoms with Crippen LogP contribution in [0.1, 0.15) is 30.9 Å². The van der Waals surface area contributed by atoms with Gasteiger partial charge >= 0.3 is 0 Å². The zero-order chi connectivity index (χ0) is 17.8. The van der Waals surface area contributed by atoms with Gasteiger partial charge in [-0.15, -0.1) is 0 Å². The smallest absolute Gasteiger partial charge is 0.225 e. The van der Waals surface area contributed by atoms with Crippen LogP contribution in [-0.4, -0.2) is 12.5 Å². The quantitative estimate of drug-likeness (QED) is 0.649. The van der Waals surface area contributed by atoms with E-state index in [2.05, 4.69) is 10.6 Å². The molecule has 2 aromatic carbocycles. The number of hydrogen-bond donors (Lipinski definition) is 3. The van der Waals surface area contributed by atoms with Crippen molar-refractivity contribution in [2.45, 2.75) is 25.3 Å². The summed E-state index contributed by atoms with van der Waals surface area (Å²) in [6, 6.07) is 12.1. The SMILES string of the molecule is Nc1ccc(F)c(NC(=O)CCN[C@@H](c2ccc(Cl)cc2)C2CC2)c1. The minimum atomic E-state index is -0.493. The summed E-state index contributed by atoms with van der Waals surface area (Å²) in [6.45, 7) is 0.513. The second-order valence-electron chi connectivity index (χ2n) is 6.36. The maximum atomic E-state index is 13.7. The first kappa shape index (κ1) is 17.7. The van der Waals surface area contributed by atoms with Gasteiger partial charge in [0.25, 0.3) is 0 Å². The van der Waals surface area contributed by atoms with Gasteiger partial charge in [0.2, 0.25) is 5.91 Å². The molecule has 0 spiro atoms. The average molecular weight is 362 g/mol. The molecule has 1 atom stereocenters. The Hall–Kier alpha value is -2.11. The fraction of sp³-hybridized carbons (Fsp3) is 0.316. The minimum absolute atomic E-state index is 0.112. The first-order valence-corrected chi connectivity index (χ1v) is 8.74. The number of carbonyl (C=O) groups excluding carboxylic acids is 1. The molecule has 3 rings (SSSR count). The third-order valence-electron chi connectivity index (χ3n) is 4.30. The predicted octanol–water partition coefficient (Wildman–Crippen LogP) is 4.13. The molecule has 0 bridgehead atoms. The summed E-state index contributed by atoms with van der Waals surface area (Å²) in [5.41, 5.74) is 7.31. The van der Waals surface area contributed by atoms with Gasteiger partial charge < -0.3 is 16.4 Å². The second-order valence-corrected chi connectivity index (χ2v) is 6.79. The van der Waals surface area contributed by atoms with Crippen molar-refractivity contribution in [3.05, 3.63) is 58.9 Å². The van der Waals surface area contributed by atoms with Crippen molar-refractivity contribution in [1.29, 1.82) is 0 Å². The Morgan fingerprint density at radius 1 is 1.24 bits per heavy atom. The molecule has 1 aliphatic carbocycles. The summed E-state index contributed by atoms with van der Waals surface area (Å²) in [4.78, 5) is 12.0. The maximum absolute atomic E-state index is 13.7. The molecule has 6 heteroatoms. The van der Waals surface area contributed by atoms with E-state index in [1.54, 1.807) is 0 Å². The minimum Gasteiger partial charge on any atom is -0.399 e. The van der Waals surface area contributed by atoms with Gasteiger partial charge in [-0.2, -0.15) is 0 Å². The van der Waals surface area contributed by atoms with Crippen LogP contribution < -0.4 is 16.4 Å². The molecule has 0 aliphatic heterocycles. The highest BCUT2D eigenvalue weighted by Crippen LogP contribution is 2.41. The molecule has 1 saturated carbocycles. The number of nitrogens with two attached hydrogens (primary N) is 1. The van der Waals surface area contributed by atoms with Gasteiger partial charge in [-0.05, 0) is 54.7 Å². The van der Waals surface area contributed by atoms with E-state index >= 15 is 0 Å². The fourth-order valence-corrected chi connectivity index (χ4v) is 2.97. The molecule has 0 unspecified atom stereocenters. The van der Waals surface area contributed by atoms with E-state index in [-0.39, 0.29) is 24.1 Å². The Morgan fingerprint density at radius 2 is 1.96 bits per heavy atom. The van der Waals surface area contributed by atoms with Crippen LogP contribution in [0.2, 0.25) is 5.02 Å². The molecule has 0 heterocycles. The second kappa shape index (κ2) is 7.85. The molecule has 0 radical (unpaired) electrons. The van der Waals surface area contributed by atoms with Crippen LogP contribution >= 0.6 is 11.6 Å². The summed E-state index contributed by atoms with van der Waals surface area (Å²) < 4.78 is 13.7. The Morgan fingerprint density at radius 3 is 2.64 bits per heavy atom. The lowest BCUT2D eigenvalue weighted by Crippen LogP contribution is -2.27. The monoisotopic (exact) mass is 361 g/mol. The van der Waals surface area contributed by atoms with Crippen molar-refractivity contribution in [2.75, 3.05) is 17.6 Å². The molecule has 1 fully saturated rings. The molecular formula is C19H21ClFN3O. The summed E-state index contributed by atoms with van der Waals surface area (Å²) in [5.74, 6) is -0.147. The molecule has 2 aromatic rings. The van der Waals surface area contributed by atoms with Crippen LogP contribution in [0.15, 0.2) is 42.5 Å². The number of halogens is 2. The van der Waals surface area contributed by atoms with Crippen LogP contribution in [0.3, 0.4) is 0 Å². The number of nitrogen functional groups attached to an aromatic ring is 1. The van der Waals surface area contributed by atoms with Crippen LogP contribution in [0, 0.1) is 11.7 Å². The highest BCUT2D eigenvalue weighted by atomic mass is 35.5. The average Bonchev–Trinajstić information content (AvgIpc) is 3.41. The molecule has 4 nitrogen and oxygen atoms in total. The highest BCUT2D eigenvalue weighted by Gasteiger charge is 2.31. The number of amides is 1. The van der Waals surface area contributed by atoms with Gasteiger partial charge in [-0.25, -0.2) is 4.39 Å². The van der Waals surface area contributed by atoms with E-state index < -0.39 is 5.82 Å². The number of hydrogen-bond acceptors (Lipinski definition) is 3. The van der Waals surface area contributed by atoms with Gasteiger partial charge in [-0.3, -0.25) is 4.79 Å². The fourth-order valence-electron chi connectivity index (χ4n) is 2.85.